The van der Waals surface area contributed by atoms with Crippen LogP contribution in [0, 0.1) is 0 Å². The molecule has 2 aromatic rings. The maximum Gasteiger partial charge on any atom is 0.240 e. The van der Waals surface area contributed by atoms with Crippen LogP contribution in [0.3, 0.4) is 0 Å². The maximum atomic E-state index is 12.4. The smallest absolute Gasteiger partial charge is 0.240 e. The van der Waals surface area contributed by atoms with E-state index in [1.165, 1.54) is 12.1 Å². The Hall–Kier alpha value is -2.25. The summed E-state index contributed by atoms with van der Waals surface area (Å²) in [6.45, 7) is 5.34. The number of sulfonamides is 1. The fourth-order valence-corrected chi connectivity index (χ4v) is 3.51. The van der Waals surface area contributed by atoms with Gasteiger partial charge >= 0.3 is 0 Å². The van der Waals surface area contributed by atoms with Crippen LogP contribution in [0.2, 0.25) is 0 Å². The standard InChI is InChI=1S/C20H28N2O4S/c1-3-5-6-13-26-19-12-7-16(14-20(19)25-4-2)15-22-27(23,24)18-10-8-17(21)9-11-18/h7-12,14,22H,3-6,13,15,21H2,1-2H3. The molecule has 0 heterocycles. The van der Waals surface area contributed by atoms with E-state index in [1.807, 2.05) is 25.1 Å². The second kappa shape index (κ2) is 10.2. The third kappa shape index (κ3) is 6.45. The van der Waals surface area contributed by atoms with Crippen molar-refractivity contribution >= 4 is 15.7 Å². The lowest BCUT2D eigenvalue weighted by Gasteiger charge is -2.14. The molecular weight excluding hydrogens is 364 g/mol. The third-order valence-electron chi connectivity index (χ3n) is 3.97. The number of nitrogens with one attached hydrogen (secondary N) is 1. The molecule has 3 N–H and O–H groups in total. The molecule has 0 aliphatic carbocycles. The van der Waals surface area contributed by atoms with Crippen molar-refractivity contribution < 1.29 is 17.9 Å². The summed E-state index contributed by atoms with van der Waals surface area (Å²) in [5.74, 6) is 1.30. The van der Waals surface area contributed by atoms with Crippen LogP contribution in [0.4, 0.5) is 5.69 Å². The van der Waals surface area contributed by atoms with Gasteiger partial charge in [-0.3, -0.25) is 0 Å². The Labute approximate surface area is 161 Å². The van der Waals surface area contributed by atoms with Gasteiger partial charge in [-0.2, -0.15) is 0 Å². The zero-order valence-electron chi connectivity index (χ0n) is 15.9. The van der Waals surface area contributed by atoms with E-state index in [0.717, 1.165) is 24.8 Å². The molecule has 27 heavy (non-hydrogen) atoms. The first-order valence-electron chi connectivity index (χ1n) is 9.20. The fraction of sp³-hybridized carbons (Fsp3) is 0.400. The fourth-order valence-electron chi connectivity index (χ4n) is 2.49. The Morgan fingerprint density at radius 3 is 2.37 bits per heavy atom. The van der Waals surface area contributed by atoms with Crippen molar-refractivity contribution in [2.45, 2.75) is 44.6 Å². The van der Waals surface area contributed by atoms with Crippen LogP contribution in [0.1, 0.15) is 38.7 Å². The summed E-state index contributed by atoms with van der Waals surface area (Å²) in [5.41, 5.74) is 6.91. The maximum absolute atomic E-state index is 12.4. The minimum Gasteiger partial charge on any atom is -0.490 e. The zero-order chi connectivity index (χ0) is 19.7. The van der Waals surface area contributed by atoms with Crippen LogP contribution in [-0.2, 0) is 16.6 Å². The molecule has 0 spiro atoms. The van der Waals surface area contributed by atoms with Crippen molar-refractivity contribution in [3.05, 3.63) is 48.0 Å². The summed E-state index contributed by atoms with van der Waals surface area (Å²) in [5, 5.41) is 0. The number of hydrogen-bond acceptors (Lipinski definition) is 5. The van der Waals surface area contributed by atoms with Crippen LogP contribution >= 0.6 is 0 Å². The summed E-state index contributed by atoms with van der Waals surface area (Å²) in [7, 11) is -3.61. The van der Waals surface area contributed by atoms with Gasteiger partial charge in [0.2, 0.25) is 10.0 Å². The van der Waals surface area contributed by atoms with Gasteiger partial charge in [0.25, 0.3) is 0 Å². The average Bonchev–Trinajstić information content (AvgIpc) is 2.65. The van der Waals surface area contributed by atoms with Crippen molar-refractivity contribution in [1.29, 1.82) is 0 Å². The first-order valence-corrected chi connectivity index (χ1v) is 10.7. The highest BCUT2D eigenvalue weighted by Gasteiger charge is 2.14. The lowest BCUT2D eigenvalue weighted by Crippen LogP contribution is -2.23. The summed E-state index contributed by atoms with van der Waals surface area (Å²) in [6.07, 6.45) is 3.24. The van der Waals surface area contributed by atoms with Gasteiger partial charge < -0.3 is 15.2 Å². The van der Waals surface area contributed by atoms with E-state index in [0.29, 0.717) is 30.4 Å². The second-order valence-corrected chi connectivity index (χ2v) is 7.93. The van der Waals surface area contributed by atoms with E-state index in [-0.39, 0.29) is 11.4 Å². The van der Waals surface area contributed by atoms with E-state index < -0.39 is 10.0 Å². The molecular formula is C20H28N2O4S. The molecule has 0 aliphatic heterocycles. The van der Waals surface area contributed by atoms with Crippen LogP contribution in [-0.4, -0.2) is 21.6 Å². The van der Waals surface area contributed by atoms with Crippen LogP contribution in [0.25, 0.3) is 0 Å². The number of nitrogen functional groups attached to an aromatic ring is 1. The molecule has 0 amide bonds. The molecule has 0 fully saturated rings. The number of nitrogens with two attached hydrogens (primary N) is 1. The van der Waals surface area contributed by atoms with Crippen molar-refractivity contribution in [1.82, 2.24) is 4.72 Å². The van der Waals surface area contributed by atoms with E-state index in [1.54, 1.807) is 12.1 Å². The molecule has 6 nitrogen and oxygen atoms in total. The normalized spacial score (nSPS) is 11.3. The Bertz CT molecular complexity index is 820. The zero-order valence-corrected chi connectivity index (χ0v) is 16.7. The van der Waals surface area contributed by atoms with Gasteiger partial charge in [0.05, 0.1) is 18.1 Å². The van der Waals surface area contributed by atoms with Crippen molar-refractivity contribution in [3.63, 3.8) is 0 Å². The lowest BCUT2D eigenvalue weighted by atomic mass is 10.2. The predicted octanol–water partition coefficient (Wildman–Crippen LogP) is 3.72. The third-order valence-corrected chi connectivity index (χ3v) is 5.39. The molecule has 2 aromatic carbocycles. The predicted molar refractivity (Wildman–Crippen MR) is 108 cm³/mol. The van der Waals surface area contributed by atoms with Crippen molar-refractivity contribution in [3.8, 4) is 11.5 Å². The van der Waals surface area contributed by atoms with Gasteiger partial charge in [0.15, 0.2) is 11.5 Å². The lowest BCUT2D eigenvalue weighted by molar-refractivity contribution is 0.271. The second-order valence-electron chi connectivity index (χ2n) is 6.16. The highest BCUT2D eigenvalue weighted by molar-refractivity contribution is 7.89. The molecule has 2 rings (SSSR count). The van der Waals surface area contributed by atoms with Gasteiger partial charge in [0, 0.05) is 12.2 Å². The van der Waals surface area contributed by atoms with E-state index >= 15 is 0 Å². The molecule has 0 saturated carbocycles. The van der Waals surface area contributed by atoms with Crippen LogP contribution in [0.15, 0.2) is 47.4 Å². The van der Waals surface area contributed by atoms with E-state index in [4.69, 9.17) is 15.2 Å². The van der Waals surface area contributed by atoms with Gasteiger partial charge in [-0.15, -0.1) is 0 Å². The van der Waals surface area contributed by atoms with E-state index in [2.05, 4.69) is 11.6 Å². The Morgan fingerprint density at radius 2 is 1.70 bits per heavy atom. The summed E-state index contributed by atoms with van der Waals surface area (Å²) < 4.78 is 38.8. The van der Waals surface area contributed by atoms with Crippen molar-refractivity contribution in [2.75, 3.05) is 18.9 Å². The van der Waals surface area contributed by atoms with Gasteiger partial charge in [-0.25, -0.2) is 13.1 Å². The largest absolute Gasteiger partial charge is 0.490 e. The monoisotopic (exact) mass is 392 g/mol. The first-order chi connectivity index (χ1) is 13.0. The number of rotatable bonds is 11. The number of anilines is 1. The highest BCUT2D eigenvalue weighted by atomic mass is 32.2. The summed E-state index contributed by atoms with van der Waals surface area (Å²) >= 11 is 0. The van der Waals surface area contributed by atoms with Gasteiger partial charge in [0.1, 0.15) is 0 Å². The van der Waals surface area contributed by atoms with E-state index in [9.17, 15) is 8.42 Å². The number of ether oxygens (including phenoxy) is 2. The molecule has 0 saturated heterocycles. The average molecular weight is 393 g/mol. The molecule has 7 heteroatoms. The topological polar surface area (TPSA) is 90.7 Å². The molecule has 0 atom stereocenters. The molecule has 0 aliphatic rings. The Kier molecular flexibility index (Phi) is 7.94. The SMILES string of the molecule is CCCCCOc1ccc(CNS(=O)(=O)c2ccc(N)cc2)cc1OCC. The molecule has 0 bridgehead atoms. The van der Waals surface area contributed by atoms with Crippen LogP contribution in [0.5, 0.6) is 11.5 Å². The quantitative estimate of drug-likeness (QED) is 0.449. The van der Waals surface area contributed by atoms with Crippen molar-refractivity contribution in [2.24, 2.45) is 0 Å². The highest BCUT2D eigenvalue weighted by Crippen LogP contribution is 2.29. The minimum atomic E-state index is -3.61. The molecule has 0 unspecified atom stereocenters. The molecule has 0 aromatic heterocycles. The Balaban J connectivity index is 2.05. The Morgan fingerprint density at radius 1 is 0.963 bits per heavy atom. The number of benzene rings is 2. The first kappa shape index (κ1) is 21.1. The number of unbranched alkanes of at least 4 members (excludes halogenated alkanes) is 2. The summed E-state index contributed by atoms with van der Waals surface area (Å²) in [4.78, 5) is 0.178. The number of hydrogen-bond donors (Lipinski definition) is 2. The van der Waals surface area contributed by atoms with Crippen LogP contribution < -0.4 is 19.9 Å². The van der Waals surface area contributed by atoms with Gasteiger partial charge in [-0.1, -0.05) is 25.8 Å². The molecule has 148 valence electrons. The van der Waals surface area contributed by atoms with Gasteiger partial charge in [-0.05, 0) is 55.3 Å². The summed E-state index contributed by atoms with van der Waals surface area (Å²) in [6, 6.07) is 11.6. The minimum absolute atomic E-state index is 0.156. The molecule has 0 radical (unpaired) electrons.